The smallest absolute Gasteiger partial charge is 0.243 e. The fourth-order valence-electron chi connectivity index (χ4n) is 2.29. The molecule has 2 rings (SSSR count). The standard InChI is InChI=1S/C12H18N2O5S2/c1-9-7-14(8-10(2)19-9)21(17,18)12-5-3-4-11(6-12)20(13,15)16/h3-6,9-10H,7-8H2,1-2H3,(H2,13,15,16). The van der Waals surface area contributed by atoms with Crippen molar-refractivity contribution < 1.29 is 21.6 Å². The molecule has 0 amide bonds. The predicted molar refractivity (Wildman–Crippen MR) is 76.6 cm³/mol. The fourth-order valence-corrected chi connectivity index (χ4v) is 4.56. The summed E-state index contributed by atoms with van der Waals surface area (Å²) in [7, 11) is -7.72. The maximum atomic E-state index is 12.6. The Morgan fingerprint density at radius 1 is 1.10 bits per heavy atom. The molecule has 0 spiro atoms. The number of nitrogens with two attached hydrogens (primary N) is 1. The van der Waals surface area contributed by atoms with Crippen molar-refractivity contribution in [2.75, 3.05) is 13.1 Å². The van der Waals surface area contributed by atoms with E-state index in [1.54, 1.807) is 13.8 Å². The fraction of sp³-hybridized carbons (Fsp3) is 0.500. The van der Waals surface area contributed by atoms with E-state index in [4.69, 9.17) is 9.88 Å². The maximum absolute atomic E-state index is 12.6. The largest absolute Gasteiger partial charge is 0.373 e. The van der Waals surface area contributed by atoms with Crippen molar-refractivity contribution in [1.29, 1.82) is 0 Å². The van der Waals surface area contributed by atoms with Crippen molar-refractivity contribution in [1.82, 2.24) is 4.31 Å². The molecule has 7 nitrogen and oxygen atoms in total. The van der Waals surface area contributed by atoms with E-state index in [9.17, 15) is 16.8 Å². The number of sulfonamides is 2. The summed E-state index contributed by atoms with van der Waals surface area (Å²) >= 11 is 0. The minimum atomic E-state index is -3.95. The van der Waals surface area contributed by atoms with E-state index in [1.807, 2.05) is 0 Å². The first-order valence-corrected chi connectivity index (χ1v) is 9.38. The molecule has 1 fully saturated rings. The lowest BCUT2D eigenvalue weighted by Gasteiger charge is -2.34. The molecule has 2 N–H and O–H groups in total. The summed E-state index contributed by atoms with van der Waals surface area (Å²) in [5.74, 6) is 0. The molecule has 0 saturated carbocycles. The van der Waals surface area contributed by atoms with Crippen LogP contribution in [0.2, 0.25) is 0 Å². The Morgan fingerprint density at radius 3 is 2.14 bits per heavy atom. The van der Waals surface area contributed by atoms with E-state index < -0.39 is 20.0 Å². The number of nitrogens with zero attached hydrogens (tertiary/aromatic N) is 1. The van der Waals surface area contributed by atoms with E-state index in [2.05, 4.69) is 0 Å². The van der Waals surface area contributed by atoms with Crippen LogP contribution in [0.5, 0.6) is 0 Å². The molecule has 1 aromatic rings. The van der Waals surface area contributed by atoms with Gasteiger partial charge in [0.25, 0.3) is 0 Å². The van der Waals surface area contributed by atoms with Gasteiger partial charge in [-0.05, 0) is 32.0 Å². The van der Waals surface area contributed by atoms with Crippen LogP contribution in [0.25, 0.3) is 0 Å². The first-order chi connectivity index (χ1) is 9.60. The molecule has 0 aliphatic carbocycles. The first kappa shape index (κ1) is 16.4. The van der Waals surface area contributed by atoms with Gasteiger partial charge in [0, 0.05) is 13.1 Å². The van der Waals surface area contributed by atoms with E-state index >= 15 is 0 Å². The maximum Gasteiger partial charge on any atom is 0.243 e. The van der Waals surface area contributed by atoms with Gasteiger partial charge < -0.3 is 4.74 Å². The summed E-state index contributed by atoms with van der Waals surface area (Å²) in [5.41, 5.74) is 0. The Labute approximate surface area is 124 Å². The SMILES string of the molecule is CC1CN(S(=O)(=O)c2cccc(S(N)(=O)=O)c2)CC(C)O1. The quantitative estimate of drug-likeness (QED) is 0.845. The van der Waals surface area contributed by atoms with Crippen LogP contribution >= 0.6 is 0 Å². The molecule has 1 aliphatic rings. The van der Waals surface area contributed by atoms with Crippen LogP contribution in [0, 0.1) is 0 Å². The van der Waals surface area contributed by atoms with Crippen LogP contribution in [-0.2, 0) is 24.8 Å². The zero-order valence-corrected chi connectivity index (χ0v) is 13.4. The van der Waals surface area contributed by atoms with E-state index in [-0.39, 0.29) is 35.1 Å². The molecule has 1 aliphatic heterocycles. The van der Waals surface area contributed by atoms with Gasteiger partial charge in [-0.25, -0.2) is 22.0 Å². The number of rotatable bonds is 3. The van der Waals surface area contributed by atoms with Crippen LogP contribution in [0.15, 0.2) is 34.1 Å². The molecular formula is C12H18N2O5S2. The highest BCUT2D eigenvalue weighted by atomic mass is 32.2. The van der Waals surface area contributed by atoms with Gasteiger partial charge in [-0.15, -0.1) is 0 Å². The second kappa shape index (κ2) is 5.65. The summed E-state index contributed by atoms with van der Waals surface area (Å²) in [5, 5.41) is 5.04. The Hall–Kier alpha value is -1.00. The van der Waals surface area contributed by atoms with E-state index in [0.29, 0.717) is 0 Å². The molecule has 1 saturated heterocycles. The molecule has 9 heteroatoms. The molecule has 2 atom stereocenters. The summed E-state index contributed by atoms with van der Waals surface area (Å²) in [6.45, 7) is 4.04. The van der Waals surface area contributed by atoms with Gasteiger partial charge in [0.15, 0.2) is 0 Å². The lowest BCUT2D eigenvalue weighted by Crippen LogP contribution is -2.48. The molecule has 1 aromatic carbocycles. The van der Waals surface area contributed by atoms with Crippen molar-refractivity contribution in [2.45, 2.75) is 35.8 Å². The second-order valence-electron chi connectivity index (χ2n) is 5.10. The third kappa shape index (κ3) is 3.61. The number of hydrogen-bond donors (Lipinski definition) is 1. The van der Waals surface area contributed by atoms with Crippen molar-refractivity contribution in [3.8, 4) is 0 Å². The molecule has 21 heavy (non-hydrogen) atoms. The van der Waals surface area contributed by atoms with E-state index in [0.717, 1.165) is 6.07 Å². The third-order valence-electron chi connectivity index (χ3n) is 3.16. The zero-order chi connectivity index (χ0) is 15.8. The summed E-state index contributed by atoms with van der Waals surface area (Å²) in [4.78, 5) is -0.312. The number of benzene rings is 1. The Bertz CT molecular complexity index is 720. The topological polar surface area (TPSA) is 107 Å². The molecule has 0 aromatic heterocycles. The van der Waals surface area contributed by atoms with Gasteiger partial charge in [-0.2, -0.15) is 4.31 Å². The lowest BCUT2D eigenvalue weighted by atomic mass is 10.3. The van der Waals surface area contributed by atoms with Crippen LogP contribution in [0.1, 0.15) is 13.8 Å². The van der Waals surface area contributed by atoms with Crippen LogP contribution in [0.4, 0.5) is 0 Å². The number of morpholine rings is 1. The third-order valence-corrected chi connectivity index (χ3v) is 5.90. The van der Waals surface area contributed by atoms with Crippen molar-refractivity contribution in [2.24, 2.45) is 5.14 Å². The van der Waals surface area contributed by atoms with Crippen LogP contribution < -0.4 is 5.14 Å². The molecule has 118 valence electrons. The van der Waals surface area contributed by atoms with E-state index in [1.165, 1.54) is 22.5 Å². The lowest BCUT2D eigenvalue weighted by molar-refractivity contribution is -0.0440. The van der Waals surface area contributed by atoms with Crippen molar-refractivity contribution >= 4 is 20.0 Å². The highest BCUT2D eigenvalue weighted by Crippen LogP contribution is 2.22. The second-order valence-corrected chi connectivity index (χ2v) is 8.60. The molecule has 0 radical (unpaired) electrons. The number of ether oxygens (including phenoxy) is 1. The molecule has 1 heterocycles. The molecule has 0 bridgehead atoms. The number of hydrogen-bond acceptors (Lipinski definition) is 5. The highest BCUT2D eigenvalue weighted by molar-refractivity contribution is 7.90. The Balaban J connectivity index is 2.40. The first-order valence-electron chi connectivity index (χ1n) is 6.39. The van der Waals surface area contributed by atoms with Crippen LogP contribution in [0.3, 0.4) is 0 Å². The highest BCUT2D eigenvalue weighted by Gasteiger charge is 2.32. The van der Waals surface area contributed by atoms with Gasteiger partial charge in [0.2, 0.25) is 20.0 Å². The Morgan fingerprint density at radius 2 is 1.62 bits per heavy atom. The Kier molecular flexibility index (Phi) is 4.41. The minimum Gasteiger partial charge on any atom is -0.373 e. The van der Waals surface area contributed by atoms with Gasteiger partial charge in [0.05, 0.1) is 22.0 Å². The van der Waals surface area contributed by atoms with Crippen LogP contribution in [-0.4, -0.2) is 46.4 Å². The number of primary sulfonamides is 1. The monoisotopic (exact) mass is 334 g/mol. The average Bonchev–Trinajstić information content (AvgIpc) is 2.36. The minimum absolute atomic E-state index is 0.0877. The summed E-state index contributed by atoms with van der Waals surface area (Å²) in [6.07, 6.45) is -0.435. The van der Waals surface area contributed by atoms with Gasteiger partial charge >= 0.3 is 0 Å². The predicted octanol–water partition coefficient (Wildman–Crippen LogP) is 0.132. The average molecular weight is 334 g/mol. The van der Waals surface area contributed by atoms with Gasteiger partial charge in [-0.1, -0.05) is 6.07 Å². The zero-order valence-electron chi connectivity index (χ0n) is 11.8. The van der Waals surface area contributed by atoms with Crippen molar-refractivity contribution in [3.63, 3.8) is 0 Å². The molecule has 2 unspecified atom stereocenters. The summed E-state index contributed by atoms with van der Waals surface area (Å²) < 4.78 is 54.7. The normalized spacial score (nSPS) is 24.9. The molecular weight excluding hydrogens is 316 g/mol. The van der Waals surface area contributed by atoms with Crippen molar-refractivity contribution in [3.05, 3.63) is 24.3 Å². The van der Waals surface area contributed by atoms with Gasteiger partial charge in [-0.3, -0.25) is 0 Å². The van der Waals surface area contributed by atoms with Gasteiger partial charge in [0.1, 0.15) is 0 Å². The summed E-state index contributed by atoms with van der Waals surface area (Å²) in [6, 6.07) is 5.06.